The van der Waals surface area contributed by atoms with Gasteiger partial charge in [-0.1, -0.05) is 20.8 Å². The van der Waals surface area contributed by atoms with Crippen LogP contribution in [0.5, 0.6) is 0 Å². The van der Waals surface area contributed by atoms with Crippen molar-refractivity contribution in [3.05, 3.63) is 29.8 Å². The van der Waals surface area contributed by atoms with Crippen molar-refractivity contribution >= 4 is 17.5 Å². The summed E-state index contributed by atoms with van der Waals surface area (Å²) >= 11 is 0. The van der Waals surface area contributed by atoms with E-state index in [1.54, 1.807) is 0 Å². The highest BCUT2D eigenvalue weighted by Crippen LogP contribution is 2.19. The molecule has 1 heterocycles. The second kappa shape index (κ2) is 10.2. The summed E-state index contributed by atoms with van der Waals surface area (Å²) in [5.41, 5.74) is 1.59. The summed E-state index contributed by atoms with van der Waals surface area (Å²) in [5.74, 6) is 0.941. The van der Waals surface area contributed by atoms with Gasteiger partial charge in [0, 0.05) is 37.4 Å². The summed E-state index contributed by atoms with van der Waals surface area (Å²) in [6, 6.07) is 7.47. The Morgan fingerprint density at radius 2 is 1.65 bits per heavy atom. The molecule has 144 valence electrons. The van der Waals surface area contributed by atoms with E-state index in [4.69, 9.17) is 0 Å². The summed E-state index contributed by atoms with van der Waals surface area (Å²) in [4.78, 5) is 28.7. The number of carbonyl (C=O) groups excluding carboxylic acids is 2. The molecular weight excluding hydrogens is 326 g/mol. The first kappa shape index (κ1) is 20.3. The van der Waals surface area contributed by atoms with Gasteiger partial charge in [0.05, 0.1) is 6.54 Å². The molecule has 0 radical (unpaired) electrons. The van der Waals surface area contributed by atoms with Crippen molar-refractivity contribution in [3.63, 3.8) is 0 Å². The largest absolute Gasteiger partial charge is 0.376 e. The minimum Gasteiger partial charge on any atom is -0.376 e. The highest BCUT2D eigenvalue weighted by molar-refractivity contribution is 5.94. The van der Waals surface area contributed by atoms with E-state index in [9.17, 15) is 9.59 Å². The third-order valence-electron chi connectivity index (χ3n) is 4.99. The molecular formula is C21H33N3O2. The van der Waals surface area contributed by atoms with Gasteiger partial charge < -0.3 is 15.1 Å². The molecule has 5 nitrogen and oxygen atoms in total. The topological polar surface area (TPSA) is 52.7 Å². The van der Waals surface area contributed by atoms with Crippen molar-refractivity contribution in [2.45, 2.75) is 46.5 Å². The van der Waals surface area contributed by atoms with Crippen molar-refractivity contribution < 1.29 is 9.59 Å². The molecule has 5 heteroatoms. The van der Waals surface area contributed by atoms with Crippen LogP contribution < -0.4 is 5.32 Å². The van der Waals surface area contributed by atoms with Crippen LogP contribution in [0.3, 0.4) is 0 Å². The maximum atomic E-state index is 12.6. The van der Waals surface area contributed by atoms with Gasteiger partial charge >= 0.3 is 0 Å². The highest BCUT2D eigenvalue weighted by Gasteiger charge is 2.21. The average Bonchev–Trinajstić information content (AvgIpc) is 2.66. The summed E-state index contributed by atoms with van der Waals surface area (Å²) in [7, 11) is 0. The highest BCUT2D eigenvalue weighted by atomic mass is 16.2. The quantitative estimate of drug-likeness (QED) is 0.771. The van der Waals surface area contributed by atoms with Gasteiger partial charge in [0.1, 0.15) is 0 Å². The van der Waals surface area contributed by atoms with E-state index in [0.29, 0.717) is 5.92 Å². The predicted octanol–water partition coefficient (Wildman–Crippen LogP) is 3.62. The van der Waals surface area contributed by atoms with Gasteiger partial charge in [-0.2, -0.15) is 0 Å². The molecule has 0 saturated carbocycles. The molecule has 2 rings (SSSR count). The van der Waals surface area contributed by atoms with Gasteiger partial charge in [-0.05, 0) is 55.9 Å². The number of amides is 2. The van der Waals surface area contributed by atoms with E-state index in [1.807, 2.05) is 34.1 Å². The fraction of sp³-hybridized carbons (Fsp3) is 0.619. The first-order chi connectivity index (χ1) is 12.5. The van der Waals surface area contributed by atoms with Crippen LogP contribution in [0.15, 0.2) is 24.3 Å². The second-order valence-electron chi connectivity index (χ2n) is 7.29. The lowest BCUT2D eigenvalue weighted by Gasteiger charge is -2.30. The molecule has 1 aliphatic heterocycles. The van der Waals surface area contributed by atoms with E-state index >= 15 is 0 Å². The molecule has 0 aromatic heterocycles. The molecule has 1 fully saturated rings. The van der Waals surface area contributed by atoms with E-state index in [2.05, 4.69) is 26.1 Å². The minimum atomic E-state index is 0.108. The van der Waals surface area contributed by atoms with Gasteiger partial charge in [0.2, 0.25) is 5.91 Å². The number of nitrogens with zero attached hydrogens (tertiary/aromatic N) is 2. The third kappa shape index (κ3) is 5.75. The fourth-order valence-electron chi connectivity index (χ4n) is 3.32. The maximum absolute atomic E-state index is 12.6. The number of nitrogens with one attached hydrogen (secondary N) is 1. The van der Waals surface area contributed by atoms with Crippen LogP contribution >= 0.6 is 0 Å². The fourth-order valence-corrected chi connectivity index (χ4v) is 3.32. The summed E-state index contributed by atoms with van der Waals surface area (Å²) in [6.45, 7) is 10.00. The number of piperidine rings is 1. The molecule has 1 aromatic rings. The zero-order valence-corrected chi connectivity index (χ0v) is 16.5. The van der Waals surface area contributed by atoms with Gasteiger partial charge in [0.15, 0.2) is 0 Å². The van der Waals surface area contributed by atoms with Crippen molar-refractivity contribution in [1.29, 1.82) is 0 Å². The normalized spacial score (nSPS) is 15.0. The van der Waals surface area contributed by atoms with Crippen LogP contribution in [0.25, 0.3) is 0 Å². The van der Waals surface area contributed by atoms with Gasteiger partial charge in [-0.15, -0.1) is 0 Å². The molecule has 0 aliphatic carbocycles. The summed E-state index contributed by atoms with van der Waals surface area (Å²) < 4.78 is 0. The Kier molecular flexibility index (Phi) is 7.95. The Morgan fingerprint density at radius 3 is 2.19 bits per heavy atom. The molecule has 0 atom stereocenters. The van der Waals surface area contributed by atoms with Crippen LogP contribution in [0.2, 0.25) is 0 Å². The molecule has 0 spiro atoms. The van der Waals surface area contributed by atoms with E-state index in [-0.39, 0.29) is 18.4 Å². The smallest absolute Gasteiger partial charge is 0.253 e. The van der Waals surface area contributed by atoms with Gasteiger partial charge in [-0.25, -0.2) is 0 Å². The average molecular weight is 360 g/mol. The molecule has 26 heavy (non-hydrogen) atoms. The molecule has 2 amide bonds. The van der Waals surface area contributed by atoms with Gasteiger partial charge in [0.25, 0.3) is 5.91 Å². The van der Waals surface area contributed by atoms with E-state index in [1.165, 1.54) is 0 Å². The number of likely N-dealkylation sites (tertiary alicyclic amines) is 1. The molecule has 1 aliphatic rings. The number of hydrogen-bond acceptors (Lipinski definition) is 3. The van der Waals surface area contributed by atoms with Crippen LogP contribution in [0.4, 0.5) is 5.69 Å². The summed E-state index contributed by atoms with van der Waals surface area (Å²) in [6.07, 6.45) is 4.11. The third-order valence-corrected chi connectivity index (χ3v) is 4.99. The Labute approximate surface area is 157 Å². The zero-order chi connectivity index (χ0) is 18.9. The Hall–Kier alpha value is -2.04. The van der Waals surface area contributed by atoms with Crippen molar-refractivity contribution in [2.24, 2.45) is 5.92 Å². The van der Waals surface area contributed by atoms with Crippen LogP contribution in [-0.4, -0.2) is 54.3 Å². The van der Waals surface area contributed by atoms with Crippen molar-refractivity contribution in [1.82, 2.24) is 9.80 Å². The van der Waals surface area contributed by atoms with Crippen molar-refractivity contribution in [3.8, 4) is 0 Å². The SMILES string of the molecule is CCCN(CCC)C(=O)CNc1ccc(C(=O)N2CCC(C)CC2)cc1. The standard InChI is InChI=1S/C21H33N3O2/c1-4-12-23(13-5-2)20(25)16-22-19-8-6-18(7-9-19)21(26)24-14-10-17(3)11-15-24/h6-9,17,22H,4-5,10-16H2,1-3H3. The van der Waals surface area contributed by atoms with Crippen molar-refractivity contribution in [2.75, 3.05) is 38.0 Å². The molecule has 1 saturated heterocycles. The predicted molar refractivity (Wildman–Crippen MR) is 106 cm³/mol. The van der Waals surface area contributed by atoms with E-state index < -0.39 is 0 Å². The number of anilines is 1. The van der Waals surface area contributed by atoms with Crippen LogP contribution in [0.1, 0.15) is 56.8 Å². The maximum Gasteiger partial charge on any atom is 0.253 e. The van der Waals surface area contributed by atoms with Gasteiger partial charge in [-0.3, -0.25) is 9.59 Å². The lowest BCUT2D eigenvalue weighted by molar-refractivity contribution is -0.129. The van der Waals surface area contributed by atoms with Crippen LogP contribution in [-0.2, 0) is 4.79 Å². The monoisotopic (exact) mass is 359 g/mol. The lowest BCUT2D eigenvalue weighted by Crippen LogP contribution is -2.38. The molecule has 1 N–H and O–H groups in total. The Balaban J connectivity index is 1.86. The van der Waals surface area contributed by atoms with E-state index in [0.717, 1.165) is 63.1 Å². The first-order valence-electron chi connectivity index (χ1n) is 9.96. The number of carbonyl (C=O) groups is 2. The van der Waals surface area contributed by atoms with Crippen LogP contribution in [0, 0.1) is 5.92 Å². The first-order valence-corrected chi connectivity index (χ1v) is 9.96. The minimum absolute atomic E-state index is 0.108. The summed E-state index contributed by atoms with van der Waals surface area (Å²) in [5, 5.41) is 3.18. The number of benzene rings is 1. The Bertz CT molecular complexity index is 571. The number of rotatable bonds is 8. The second-order valence-corrected chi connectivity index (χ2v) is 7.29. The molecule has 0 bridgehead atoms. The lowest BCUT2D eigenvalue weighted by atomic mass is 9.98. The molecule has 0 unspecified atom stereocenters. The number of hydrogen-bond donors (Lipinski definition) is 1. The molecule has 1 aromatic carbocycles. The zero-order valence-electron chi connectivity index (χ0n) is 16.5. The Morgan fingerprint density at radius 1 is 1.08 bits per heavy atom.